The van der Waals surface area contributed by atoms with E-state index in [1.54, 1.807) is 19.1 Å². The van der Waals surface area contributed by atoms with Gasteiger partial charge in [-0.15, -0.1) is 0 Å². The van der Waals surface area contributed by atoms with Crippen molar-refractivity contribution in [3.8, 4) is 0 Å². The van der Waals surface area contributed by atoms with E-state index in [9.17, 15) is 4.39 Å². The van der Waals surface area contributed by atoms with Crippen LogP contribution in [0, 0.1) is 12.7 Å². The molecule has 0 saturated heterocycles. The summed E-state index contributed by atoms with van der Waals surface area (Å²) in [6.45, 7) is 4.69. The highest BCUT2D eigenvalue weighted by atomic mass is 19.1. The lowest BCUT2D eigenvalue weighted by Gasteiger charge is -2.08. The standard InChI is InChI=1S/C14H17FN4/c1-3-6-16-13-8-14(18-9-17-13)19-11-4-5-12(15)10(2)7-11/h4-5,7-9H,3,6H2,1-2H3,(H2,16,17,18,19). The van der Waals surface area contributed by atoms with E-state index < -0.39 is 0 Å². The lowest BCUT2D eigenvalue weighted by Crippen LogP contribution is -2.03. The van der Waals surface area contributed by atoms with Crippen molar-refractivity contribution in [2.75, 3.05) is 17.2 Å². The maximum atomic E-state index is 13.2. The Labute approximate surface area is 112 Å². The Hall–Kier alpha value is -2.17. The van der Waals surface area contributed by atoms with E-state index in [2.05, 4.69) is 27.5 Å². The summed E-state index contributed by atoms with van der Waals surface area (Å²) in [6, 6.07) is 6.70. The highest BCUT2D eigenvalue weighted by molar-refractivity contribution is 5.59. The number of aromatic nitrogens is 2. The van der Waals surface area contributed by atoms with Crippen molar-refractivity contribution in [2.24, 2.45) is 0 Å². The minimum atomic E-state index is -0.210. The summed E-state index contributed by atoms with van der Waals surface area (Å²) in [4.78, 5) is 8.27. The van der Waals surface area contributed by atoms with Gasteiger partial charge in [0.15, 0.2) is 0 Å². The summed E-state index contributed by atoms with van der Waals surface area (Å²) in [6.07, 6.45) is 2.53. The molecule has 0 saturated carbocycles. The number of halogens is 1. The molecule has 2 rings (SSSR count). The van der Waals surface area contributed by atoms with Crippen LogP contribution in [0.3, 0.4) is 0 Å². The molecule has 0 spiro atoms. The van der Waals surface area contributed by atoms with E-state index >= 15 is 0 Å². The molecule has 0 amide bonds. The van der Waals surface area contributed by atoms with Gasteiger partial charge >= 0.3 is 0 Å². The second-order valence-corrected chi connectivity index (χ2v) is 4.30. The Morgan fingerprint density at radius 1 is 1.16 bits per heavy atom. The molecule has 2 aromatic rings. The van der Waals surface area contributed by atoms with Gasteiger partial charge in [0.1, 0.15) is 23.8 Å². The van der Waals surface area contributed by atoms with Crippen LogP contribution in [0.2, 0.25) is 0 Å². The monoisotopic (exact) mass is 260 g/mol. The van der Waals surface area contributed by atoms with Gasteiger partial charge in [-0.2, -0.15) is 0 Å². The SMILES string of the molecule is CCCNc1cc(Nc2ccc(F)c(C)c2)ncn1. The molecule has 0 radical (unpaired) electrons. The van der Waals surface area contributed by atoms with Gasteiger partial charge in [0.05, 0.1) is 0 Å². The maximum Gasteiger partial charge on any atom is 0.135 e. The molecule has 5 heteroatoms. The predicted molar refractivity (Wildman–Crippen MR) is 75.2 cm³/mol. The third-order valence-electron chi connectivity index (χ3n) is 2.65. The fourth-order valence-electron chi connectivity index (χ4n) is 1.65. The molecule has 0 aliphatic rings. The van der Waals surface area contributed by atoms with Crippen molar-refractivity contribution >= 4 is 17.3 Å². The van der Waals surface area contributed by atoms with Crippen molar-refractivity contribution in [1.82, 2.24) is 9.97 Å². The van der Waals surface area contributed by atoms with Crippen LogP contribution in [-0.4, -0.2) is 16.5 Å². The van der Waals surface area contributed by atoms with Crippen LogP contribution in [0.1, 0.15) is 18.9 Å². The minimum Gasteiger partial charge on any atom is -0.370 e. The van der Waals surface area contributed by atoms with Crippen LogP contribution in [0.25, 0.3) is 0 Å². The van der Waals surface area contributed by atoms with Crippen LogP contribution >= 0.6 is 0 Å². The lowest BCUT2D eigenvalue weighted by atomic mass is 10.2. The van der Waals surface area contributed by atoms with Gasteiger partial charge in [0.25, 0.3) is 0 Å². The first-order valence-corrected chi connectivity index (χ1v) is 6.28. The van der Waals surface area contributed by atoms with E-state index in [4.69, 9.17) is 0 Å². The first-order valence-electron chi connectivity index (χ1n) is 6.28. The first-order chi connectivity index (χ1) is 9.19. The highest BCUT2D eigenvalue weighted by Gasteiger charge is 2.02. The fraction of sp³-hybridized carbons (Fsp3) is 0.286. The largest absolute Gasteiger partial charge is 0.370 e. The Kier molecular flexibility index (Phi) is 4.28. The molecule has 0 aliphatic heterocycles. The third-order valence-corrected chi connectivity index (χ3v) is 2.65. The van der Waals surface area contributed by atoms with Gasteiger partial charge in [-0.3, -0.25) is 0 Å². The molecule has 19 heavy (non-hydrogen) atoms. The average molecular weight is 260 g/mol. The maximum absolute atomic E-state index is 13.2. The number of anilines is 3. The number of nitrogens with one attached hydrogen (secondary N) is 2. The molecule has 4 nitrogen and oxygen atoms in total. The van der Waals surface area contributed by atoms with Gasteiger partial charge in [0.2, 0.25) is 0 Å². The molecule has 1 aromatic heterocycles. The zero-order valence-corrected chi connectivity index (χ0v) is 11.1. The Morgan fingerprint density at radius 2 is 1.95 bits per heavy atom. The zero-order valence-electron chi connectivity index (χ0n) is 11.1. The number of nitrogens with zero attached hydrogens (tertiary/aromatic N) is 2. The smallest absolute Gasteiger partial charge is 0.135 e. The molecule has 0 unspecified atom stereocenters. The molecule has 2 N–H and O–H groups in total. The van der Waals surface area contributed by atoms with Crippen molar-refractivity contribution in [1.29, 1.82) is 0 Å². The van der Waals surface area contributed by atoms with Gasteiger partial charge in [-0.1, -0.05) is 6.92 Å². The molecular weight excluding hydrogens is 243 g/mol. The summed E-state index contributed by atoms with van der Waals surface area (Å²) in [5.74, 6) is 1.25. The number of hydrogen-bond acceptors (Lipinski definition) is 4. The second kappa shape index (κ2) is 6.13. The van der Waals surface area contributed by atoms with Crippen LogP contribution in [0.15, 0.2) is 30.6 Å². The summed E-state index contributed by atoms with van der Waals surface area (Å²) >= 11 is 0. The van der Waals surface area contributed by atoms with E-state index in [1.807, 2.05) is 6.07 Å². The predicted octanol–water partition coefficient (Wildman–Crippen LogP) is 3.49. The van der Waals surface area contributed by atoms with Crippen molar-refractivity contribution in [2.45, 2.75) is 20.3 Å². The van der Waals surface area contributed by atoms with Crippen LogP contribution in [0.4, 0.5) is 21.7 Å². The fourth-order valence-corrected chi connectivity index (χ4v) is 1.65. The Morgan fingerprint density at radius 3 is 2.68 bits per heavy atom. The normalized spacial score (nSPS) is 10.3. The second-order valence-electron chi connectivity index (χ2n) is 4.30. The van der Waals surface area contributed by atoms with Crippen LogP contribution in [-0.2, 0) is 0 Å². The summed E-state index contributed by atoms with van der Waals surface area (Å²) in [5.41, 5.74) is 1.41. The molecule has 1 aromatic carbocycles. The van der Waals surface area contributed by atoms with E-state index in [1.165, 1.54) is 12.4 Å². The van der Waals surface area contributed by atoms with Crippen molar-refractivity contribution in [3.63, 3.8) is 0 Å². The molecular formula is C14H17FN4. The summed E-state index contributed by atoms with van der Waals surface area (Å²) < 4.78 is 13.2. The van der Waals surface area contributed by atoms with Crippen LogP contribution < -0.4 is 10.6 Å². The molecule has 0 bridgehead atoms. The molecule has 0 fully saturated rings. The van der Waals surface area contributed by atoms with Gasteiger partial charge in [-0.25, -0.2) is 14.4 Å². The van der Waals surface area contributed by atoms with Gasteiger partial charge < -0.3 is 10.6 Å². The molecule has 0 aliphatic carbocycles. The van der Waals surface area contributed by atoms with Crippen molar-refractivity contribution in [3.05, 3.63) is 42.0 Å². The third kappa shape index (κ3) is 3.64. The quantitative estimate of drug-likeness (QED) is 0.864. The summed E-state index contributed by atoms with van der Waals surface area (Å²) in [5, 5.41) is 6.32. The van der Waals surface area contributed by atoms with E-state index in [-0.39, 0.29) is 5.82 Å². The van der Waals surface area contributed by atoms with Crippen molar-refractivity contribution < 1.29 is 4.39 Å². The number of hydrogen-bond donors (Lipinski definition) is 2. The Balaban J connectivity index is 2.11. The van der Waals surface area contributed by atoms with Crippen LogP contribution in [0.5, 0.6) is 0 Å². The van der Waals surface area contributed by atoms with Gasteiger partial charge in [0, 0.05) is 18.3 Å². The first kappa shape index (κ1) is 13.3. The topological polar surface area (TPSA) is 49.8 Å². The number of aryl methyl sites for hydroxylation is 1. The number of benzene rings is 1. The summed E-state index contributed by atoms with van der Waals surface area (Å²) in [7, 11) is 0. The number of rotatable bonds is 5. The minimum absolute atomic E-state index is 0.210. The van der Waals surface area contributed by atoms with E-state index in [0.29, 0.717) is 11.4 Å². The average Bonchev–Trinajstić information content (AvgIpc) is 2.41. The van der Waals surface area contributed by atoms with E-state index in [0.717, 1.165) is 24.5 Å². The van der Waals surface area contributed by atoms with Gasteiger partial charge in [-0.05, 0) is 37.1 Å². The Bertz CT molecular complexity index is 557. The molecule has 100 valence electrons. The lowest BCUT2D eigenvalue weighted by molar-refractivity contribution is 0.619. The highest BCUT2D eigenvalue weighted by Crippen LogP contribution is 2.18. The zero-order chi connectivity index (χ0) is 13.7. The molecule has 0 atom stereocenters. The molecule has 1 heterocycles.